The van der Waals surface area contributed by atoms with E-state index in [0.29, 0.717) is 27.9 Å². The van der Waals surface area contributed by atoms with Gasteiger partial charge < -0.3 is 19.4 Å². The lowest BCUT2D eigenvalue weighted by molar-refractivity contribution is -0.195. The molecule has 10 heteroatoms. The van der Waals surface area contributed by atoms with E-state index in [1.807, 2.05) is 36.4 Å². The molecule has 0 saturated heterocycles. The first-order chi connectivity index (χ1) is 18.3. The highest BCUT2D eigenvalue weighted by atomic mass is 16.7. The average Bonchev–Trinajstić information content (AvgIpc) is 2.91. The zero-order valence-corrected chi connectivity index (χ0v) is 22.7. The molecule has 1 heterocycles. The summed E-state index contributed by atoms with van der Waals surface area (Å²) in [7, 11) is 0. The van der Waals surface area contributed by atoms with E-state index >= 15 is 0 Å². The molecule has 0 N–H and O–H groups in total. The van der Waals surface area contributed by atoms with Gasteiger partial charge in [-0.3, -0.25) is 19.3 Å². The molecule has 1 aliphatic rings. The molecule has 38 heavy (non-hydrogen) atoms. The molecule has 1 aliphatic heterocycles. The maximum absolute atomic E-state index is 13.5. The first-order valence-electron chi connectivity index (χ1n) is 13.0. The molecule has 2 aromatic carbocycles. The summed E-state index contributed by atoms with van der Waals surface area (Å²) in [5.41, 5.74) is 3.25. The Morgan fingerprint density at radius 3 is 1.76 bits per heavy atom. The van der Waals surface area contributed by atoms with Crippen molar-refractivity contribution in [1.82, 2.24) is 5.06 Å². The third-order valence-electron chi connectivity index (χ3n) is 6.47. The molecule has 0 spiro atoms. The Morgan fingerprint density at radius 2 is 1.34 bits per heavy atom. The Bertz CT molecular complexity index is 1110. The van der Waals surface area contributed by atoms with Gasteiger partial charge in [0.05, 0.1) is 11.4 Å². The average molecular weight is 525 g/mol. The van der Waals surface area contributed by atoms with Crippen LogP contribution in [0, 0.1) is 0 Å². The number of ether oxygens (including phenoxy) is 1. The predicted molar refractivity (Wildman–Crippen MR) is 146 cm³/mol. The molecular weight excluding hydrogens is 488 g/mol. The number of amides is 3. The van der Waals surface area contributed by atoms with Crippen molar-refractivity contribution in [3.05, 3.63) is 36.4 Å². The van der Waals surface area contributed by atoms with Gasteiger partial charge in [-0.25, -0.2) is 4.79 Å². The van der Waals surface area contributed by atoms with E-state index in [-0.39, 0.29) is 31.6 Å². The lowest BCUT2D eigenvalue weighted by Crippen LogP contribution is -2.31. The summed E-state index contributed by atoms with van der Waals surface area (Å²) in [6.45, 7) is 12.8. The minimum atomic E-state index is -0.768. The SMILES string of the molecule is CCN(CC)c1ccc2c(c1)Oc1cc(N(CC)CC)ccc1N2C(=O)CCCC(=O)ON(C=O)C(C)=O. The van der Waals surface area contributed by atoms with Crippen molar-refractivity contribution in [2.45, 2.75) is 53.9 Å². The zero-order valence-electron chi connectivity index (χ0n) is 22.7. The van der Waals surface area contributed by atoms with Crippen LogP contribution in [0.5, 0.6) is 11.5 Å². The van der Waals surface area contributed by atoms with Gasteiger partial charge in [0.2, 0.25) is 5.91 Å². The van der Waals surface area contributed by atoms with Gasteiger partial charge in [-0.1, -0.05) is 0 Å². The van der Waals surface area contributed by atoms with Gasteiger partial charge in [0.1, 0.15) is 0 Å². The lowest BCUT2D eigenvalue weighted by atomic mass is 10.1. The van der Waals surface area contributed by atoms with E-state index in [2.05, 4.69) is 37.5 Å². The molecule has 0 radical (unpaired) electrons. The summed E-state index contributed by atoms with van der Waals surface area (Å²) >= 11 is 0. The van der Waals surface area contributed by atoms with Gasteiger partial charge in [-0.05, 0) is 58.4 Å². The van der Waals surface area contributed by atoms with Gasteiger partial charge in [-0.15, -0.1) is 5.06 Å². The van der Waals surface area contributed by atoms with Crippen molar-refractivity contribution in [1.29, 1.82) is 0 Å². The number of hydrogen-bond acceptors (Lipinski definition) is 8. The van der Waals surface area contributed by atoms with Gasteiger partial charge in [-0.2, -0.15) is 0 Å². The Morgan fingerprint density at radius 1 is 0.842 bits per heavy atom. The van der Waals surface area contributed by atoms with Crippen LogP contribution >= 0.6 is 0 Å². The van der Waals surface area contributed by atoms with E-state index in [1.54, 1.807) is 4.90 Å². The minimum Gasteiger partial charge on any atom is -0.453 e. The molecule has 0 aliphatic carbocycles. The first kappa shape index (κ1) is 28.5. The third-order valence-corrected chi connectivity index (χ3v) is 6.47. The molecule has 0 fully saturated rings. The van der Waals surface area contributed by atoms with Crippen LogP contribution in [0.2, 0.25) is 0 Å². The number of anilines is 4. The van der Waals surface area contributed by atoms with Crippen LogP contribution in [0.1, 0.15) is 53.9 Å². The summed E-state index contributed by atoms with van der Waals surface area (Å²) in [5, 5.41) is 0.333. The molecule has 204 valence electrons. The topological polar surface area (TPSA) is 99.7 Å². The molecular formula is C28H36N4O6. The Hall–Kier alpha value is -4.08. The molecule has 0 unspecified atom stereocenters. The number of benzene rings is 2. The van der Waals surface area contributed by atoms with E-state index in [1.165, 1.54) is 0 Å². The fraction of sp³-hybridized carbons (Fsp3) is 0.429. The van der Waals surface area contributed by atoms with E-state index in [4.69, 9.17) is 9.57 Å². The van der Waals surface area contributed by atoms with Crippen LogP contribution in [0.4, 0.5) is 22.7 Å². The molecule has 10 nitrogen and oxygen atoms in total. The zero-order chi connectivity index (χ0) is 27.8. The van der Waals surface area contributed by atoms with Crippen molar-refractivity contribution >= 4 is 46.9 Å². The second kappa shape index (κ2) is 12.9. The van der Waals surface area contributed by atoms with Gasteiger partial charge >= 0.3 is 5.97 Å². The van der Waals surface area contributed by atoms with Crippen molar-refractivity contribution < 1.29 is 28.8 Å². The molecule has 3 amide bonds. The van der Waals surface area contributed by atoms with Crippen molar-refractivity contribution in [2.24, 2.45) is 0 Å². The lowest BCUT2D eigenvalue weighted by Gasteiger charge is -2.33. The summed E-state index contributed by atoms with van der Waals surface area (Å²) in [6, 6.07) is 11.6. The minimum absolute atomic E-state index is 0.0464. The first-order valence-corrected chi connectivity index (χ1v) is 13.0. The van der Waals surface area contributed by atoms with Crippen molar-refractivity contribution in [2.75, 3.05) is 40.9 Å². The highest BCUT2D eigenvalue weighted by molar-refractivity contribution is 6.05. The summed E-state index contributed by atoms with van der Waals surface area (Å²) in [5.74, 6) is -0.535. The van der Waals surface area contributed by atoms with Crippen LogP contribution < -0.4 is 19.4 Å². The highest BCUT2D eigenvalue weighted by Crippen LogP contribution is 2.49. The number of carbonyl (C=O) groups is 4. The second-order valence-corrected chi connectivity index (χ2v) is 8.75. The van der Waals surface area contributed by atoms with E-state index in [0.717, 1.165) is 44.5 Å². The monoisotopic (exact) mass is 524 g/mol. The number of rotatable bonds is 11. The molecule has 0 atom stereocenters. The molecule has 2 aromatic rings. The highest BCUT2D eigenvalue weighted by Gasteiger charge is 2.30. The number of fused-ring (bicyclic) bond motifs is 2. The van der Waals surface area contributed by atoms with Gasteiger partial charge in [0.15, 0.2) is 11.5 Å². The van der Waals surface area contributed by atoms with Crippen LogP contribution in [-0.2, 0) is 24.0 Å². The number of carbonyl (C=O) groups excluding carboxylic acids is 4. The van der Waals surface area contributed by atoms with Crippen molar-refractivity contribution in [3.63, 3.8) is 0 Å². The fourth-order valence-corrected chi connectivity index (χ4v) is 4.44. The van der Waals surface area contributed by atoms with Crippen LogP contribution in [0.15, 0.2) is 36.4 Å². The number of hydrogen-bond donors (Lipinski definition) is 0. The Balaban J connectivity index is 1.88. The standard InChI is InChI=1S/C28H36N4O6/c1-6-29(7-2)21-13-15-23-25(17-21)37-26-18-22(30(8-3)9-4)14-16-24(26)32(23)27(35)11-10-12-28(36)38-31(19-33)20(5)34/h13-19H,6-12H2,1-5H3. The van der Waals surface area contributed by atoms with Crippen LogP contribution in [0.3, 0.4) is 0 Å². The third kappa shape index (κ3) is 6.24. The number of imide groups is 1. The number of nitrogens with zero attached hydrogens (tertiary/aromatic N) is 4. The quantitative estimate of drug-likeness (QED) is 0.306. The molecule has 3 rings (SSSR count). The van der Waals surface area contributed by atoms with E-state index < -0.39 is 11.9 Å². The molecule has 0 saturated carbocycles. The molecule has 0 bridgehead atoms. The number of hydroxylamine groups is 2. The summed E-state index contributed by atoms with van der Waals surface area (Å²) in [6.07, 6.45) is 0.227. The maximum atomic E-state index is 13.5. The molecule has 0 aromatic heterocycles. The second-order valence-electron chi connectivity index (χ2n) is 8.75. The fourth-order valence-electron chi connectivity index (χ4n) is 4.44. The largest absolute Gasteiger partial charge is 0.453 e. The van der Waals surface area contributed by atoms with Crippen LogP contribution in [0.25, 0.3) is 0 Å². The van der Waals surface area contributed by atoms with Gasteiger partial charge in [0.25, 0.3) is 12.3 Å². The Labute approximate surface area is 223 Å². The smallest absolute Gasteiger partial charge is 0.333 e. The summed E-state index contributed by atoms with van der Waals surface area (Å²) < 4.78 is 6.35. The normalized spacial score (nSPS) is 11.6. The van der Waals surface area contributed by atoms with Crippen molar-refractivity contribution in [3.8, 4) is 11.5 Å². The van der Waals surface area contributed by atoms with Gasteiger partial charge in [0, 0.05) is 69.5 Å². The Kier molecular flexibility index (Phi) is 9.70. The van der Waals surface area contributed by atoms with Crippen LogP contribution in [-0.4, -0.2) is 55.4 Å². The van der Waals surface area contributed by atoms with E-state index in [9.17, 15) is 19.2 Å². The summed E-state index contributed by atoms with van der Waals surface area (Å²) in [4.78, 5) is 58.5. The predicted octanol–water partition coefficient (Wildman–Crippen LogP) is 4.78. The maximum Gasteiger partial charge on any atom is 0.333 e.